The predicted molar refractivity (Wildman–Crippen MR) is 138 cm³/mol. The van der Waals surface area contributed by atoms with Crippen molar-refractivity contribution in [2.75, 3.05) is 25.2 Å². The lowest BCUT2D eigenvalue weighted by molar-refractivity contribution is -0.114. The van der Waals surface area contributed by atoms with Crippen LogP contribution >= 0.6 is 23.2 Å². The lowest BCUT2D eigenvalue weighted by atomic mass is 9.94. The van der Waals surface area contributed by atoms with Crippen LogP contribution in [0.2, 0.25) is 10.0 Å². The molecule has 1 aliphatic rings. The van der Waals surface area contributed by atoms with Crippen molar-refractivity contribution in [2.45, 2.75) is 32.1 Å². The number of carbonyl (C=O) groups is 1. The molecule has 0 bridgehead atoms. The summed E-state index contributed by atoms with van der Waals surface area (Å²) in [4.78, 5) is 26.1. The van der Waals surface area contributed by atoms with E-state index in [1.54, 1.807) is 53.9 Å². The molecule has 0 unspecified atom stereocenters. The van der Waals surface area contributed by atoms with Gasteiger partial charge in [0.1, 0.15) is 6.61 Å². The highest BCUT2D eigenvalue weighted by molar-refractivity contribution is 6.37. The molecule has 7 nitrogen and oxygen atoms in total. The van der Waals surface area contributed by atoms with Crippen molar-refractivity contribution in [1.29, 1.82) is 0 Å². The van der Waals surface area contributed by atoms with Crippen LogP contribution < -0.4 is 10.6 Å². The third-order valence-corrected chi connectivity index (χ3v) is 7.02. The van der Waals surface area contributed by atoms with E-state index in [-0.39, 0.29) is 23.4 Å². The Balaban J connectivity index is 1.90. The first-order valence-electron chi connectivity index (χ1n) is 11.0. The lowest BCUT2D eigenvalue weighted by Crippen LogP contribution is -2.34. The number of aliphatic hydroxyl groups excluding tert-OH is 1. The van der Waals surface area contributed by atoms with Crippen LogP contribution in [0.3, 0.4) is 0 Å². The first-order valence-corrected chi connectivity index (χ1v) is 11.8. The third-order valence-electron chi connectivity index (χ3n) is 6.41. The topological polar surface area (TPSA) is 78.1 Å². The van der Waals surface area contributed by atoms with Gasteiger partial charge in [-0.1, -0.05) is 36.2 Å². The SMILES string of the molecule is CCN(C=O)/C(CO)=N\N(C)c1ccc2c(=O)n(-c3c(Cl)cccc3Cl)cc(C3(C)CC3)c2c1. The number of hydrogen-bond donors (Lipinski definition) is 1. The molecule has 3 aromatic rings. The fourth-order valence-electron chi connectivity index (χ4n) is 4.08. The molecule has 1 amide bonds. The molecule has 0 aliphatic heterocycles. The Morgan fingerprint density at radius 2 is 1.88 bits per heavy atom. The maximum absolute atomic E-state index is 13.5. The summed E-state index contributed by atoms with van der Waals surface area (Å²) in [5.74, 6) is 0.234. The maximum atomic E-state index is 13.5. The minimum Gasteiger partial charge on any atom is -0.388 e. The molecule has 0 atom stereocenters. The van der Waals surface area contributed by atoms with Crippen LogP contribution in [0.25, 0.3) is 16.5 Å². The molecule has 2 aromatic carbocycles. The number of carbonyl (C=O) groups excluding carboxylic acids is 1. The Morgan fingerprint density at radius 3 is 2.44 bits per heavy atom. The van der Waals surface area contributed by atoms with E-state index in [0.29, 0.717) is 34.1 Å². The molecule has 0 saturated heterocycles. The second-order valence-electron chi connectivity index (χ2n) is 8.67. The molecule has 178 valence electrons. The van der Waals surface area contributed by atoms with Crippen molar-refractivity contribution in [3.63, 3.8) is 0 Å². The largest absolute Gasteiger partial charge is 0.388 e. The number of hydrogen-bond acceptors (Lipinski definition) is 5. The number of likely N-dealkylation sites (N-methyl/N-ethyl adjacent to an activating group) is 1. The number of pyridine rings is 1. The van der Waals surface area contributed by atoms with Crippen LogP contribution in [0.15, 0.2) is 52.5 Å². The fourth-order valence-corrected chi connectivity index (χ4v) is 4.66. The summed E-state index contributed by atoms with van der Waals surface area (Å²) in [7, 11) is 1.73. The van der Waals surface area contributed by atoms with E-state index >= 15 is 0 Å². The van der Waals surface area contributed by atoms with Crippen LogP contribution in [-0.4, -0.2) is 47.0 Å². The number of nitrogens with zero attached hydrogens (tertiary/aromatic N) is 4. The van der Waals surface area contributed by atoms with Crippen molar-refractivity contribution < 1.29 is 9.90 Å². The van der Waals surface area contributed by atoms with Gasteiger partial charge in [-0.25, -0.2) is 0 Å². The van der Waals surface area contributed by atoms with Crippen LogP contribution in [0.4, 0.5) is 5.69 Å². The standard InChI is InChI=1S/C25H26Cl2N4O3/c1-4-30(15-33)22(14-32)28-29(3)16-8-9-17-18(12-16)19(25(2)10-11-25)13-31(24(17)34)23-20(26)6-5-7-21(23)27/h5-9,12-13,15,32H,4,10-11,14H2,1-3H3/b28-22-. The molecule has 0 radical (unpaired) electrons. The van der Waals surface area contributed by atoms with E-state index in [9.17, 15) is 14.7 Å². The Bertz CT molecular complexity index is 1330. The summed E-state index contributed by atoms with van der Waals surface area (Å²) < 4.78 is 1.54. The van der Waals surface area contributed by atoms with Crippen LogP contribution in [-0.2, 0) is 10.2 Å². The van der Waals surface area contributed by atoms with E-state index < -0.39 is 0 Å². The number of aliphatic hydroxyl groups is 1. The third kappa shape index (κ3) is 4.31. The molecule has 1 heterocycles. The minimum atomic E-state index is -0.378. The second-order valence-corrected chi connectivity index (χ2v) is 9.48. The number of benzene rings is 2. The first kappa shape index (κ1) is 24.3. The smallest absolute Gasteiger partial charge is 0.263 e. The molecular weight excluding hydrogens is 475 g/mol. The summed E-state index contributed by atoms with van der Waals surface area (Å²) in [5, 5.41) is 17.9. The first-order chi connectivity index (χ1) is 16.2. The van der Waals surface area contributed by atoms with Gasteiger partial charge in [0.05, 0.1) is 21.4 Å². The van der Waals surface area contributed by atoms with Gasteiger partial charge in [-0.3, -0.25) is 24.1 Å². The van der Waals surface area contributed by atoms with Crippen molar-refractivity contribution in [1.82, 2.24) is 9.47 Å². The van der Waals surface area contributed by atoms with E-state index in [2.05, 4.69) is 12.0 Å². The molecule has 4 rings (SSSR count). The molecular formula is C25H26Cl2N4O3. The number of para-hydroxylation sites is 1. The molecule has 1 aliphatic carbocycles. The van der Waals surface area contributed by atoms with Crippen LogP contribution in [0, 0.1) is 0 Å². The van der Waals surface area contributed by atoms with E-state index in [4.69, 9.17) is 23.2 Å². The highest BCUT2D eigenvalue weighted by atomic mass is 35.5. The highest BCUT2D eigenvalue weighted by Crippen LogP contribution is 2.50. The number of anilines is 1. The highest BCUT2D eigenvalue weighted by Gasteiger charge is 2.41. The van der Waals surface area contributed by atoms with Gasteiger partial charge in [-0.05, 0) is 66.5 Å². The lowest BCUT2D eigenvalue weighted by Gasteiger charge is -2.22. The molecule has 1 aromatic heterocycles. The molecule has 9 heteroatoms. The van der Waals surface area contributed by atoms with Gasteiger partial charge in [0.2, 0.25) is 6.41 Å². The summed E-state index contributed by atoms with van der Waals surface area (Å²) in [6.45, 7) is 3.99. The van der Waals surface area contributed by atoms with Crippen LogP contribution in [0.5, 0.6) is 0 Å². The number of amidine groups is 1. The van der Waals surface area contributed by atoms with E-state index in [1.165, 1.54) is 4.90 Å². The minimum absolute atomic E-state index is 0.0608. The monoisotopic (exact) mass is 500 g/mol. The summed E-state index contributed by atoms with van der Waals surface area (Å²) in [6.07, 6.45) is 4.50. The fraction of sp³-hybridized carbons (Fsp3) is 0.320. The average Bonchev–Trinajstić information content (AvgIpc) is 3.57. The predicted octanol–water partition coefficient (Wildman–Crippen LogP) is 4.57. The molecule has 0 spiro atoms. The van der Waals surface area contributed by atoms with E-state index in [1.807, 2.05) is 12.3 Å². The number of hydrazone groups is 1. The van der Waals surface area contributed by atoms with E-state index in [0.717, 1.165) is 29.5 Å². The molecule has 34 heavy (non-hydrogen) atoms. The van der Waals surface area contributed by atoms with Gasteiger partial charge < -0.3 is 5.11 Å². The molecule has 1 saturated carbocycles. The normalized spacial score (nSPS) is 14.8. The zero-order valence-corrected chi connectivity index (χ0v) is 20.8. The summed E-state index contributed by atoms with van der Waals surface area (Å²) in [5.41, 5.74) is 1.94. The average molecular weight is 501 g/mol. The van der Waals surface area contributed by atoms with Gasteiger partial charge in [0, 0.05) is 25.2 Å². The van der Waals surface area contributed by atoms with Crippen molar-refractivity contribution >= 4 is 51.9 Å². The number of aromatic nitrogens is 1. The Labute approximate surface area is 207 Å². The second kappa shape index (κ2) is 9.41. The Hall–Kier alpha value is -2.87. The van der Waals surface area contributed by atoms with Gasteiger partial charge in [0.15, 0.2) is 5.84 Å². The number of amides is 1. The quantitative estimate of drug-likeness (QED) is 0.223. The maximum Gasteiger partial charge on any atom is 0.263 e. The number of halogens is 2. The zero-order chi connectivity index (χ0) is 24.6. The Kier molecular flexibility index (Phi) is 6.71. The van der Waals surface area contributed by atoms with Gasteiger partial charge in [-0.2, -0.15) is 5.10 Å². The van der Waals surface area contributed by atoms with Gasteiger partial charge >= 0.3 is 0 Å². The number of fused-ring (bicyclic) bond motifs is 1. The summed E-state index contributed by atoms with van der Waals surface area (Å²) >= 11 is 12.9. The van der Waals surface area contributed by atoms with Gasteiger partial charge in [0.25, 0.3) is 5.56 Å². The molecule has 1 fully saturated rings. The zero-order valence-electron chi connectivity index (χ0n) is 19.3. The van der Waals surface area contributed by atoms with Gasteiger partial charge in [-0.15, -0.1) is 0 Å². The Morgan fingerprint density at radius 1 is 1.21 bits per heavy atom. The van der Waals surface area contributed by atoms with Crippen molar-refractivity contribution in [2.24, 2.45) is 5.10 Å². The number of rotatable bonds is 7. The summed E-state index contributed by atoms with van der Waals surface area (Å²) in [6, 6.07) is 10.7. The van der Waals surface area contributed by atoms with Crippen molar-refractivity contribution in [3.05, 3.63) is 68.6 Å². The van der Waals surface area contributed by atoms with Crippen LogP contribution in [0.1, 0.15) is 32.3 Å². The molecule has 1 N–H and O–H groups in total. The van der Waals surface area contributed by atoms with Crippen molar-refractivity contribution in [3.8, 4) is 5.69 Å².